The molecule has 2 aromatic carbocycles. The van der Waals surface area contributed by atoms with Gasteiger partial charge in [0.05, 0.1) is 13.2 Å². The Hall–Kier alpha value is -1.60. The molecule has 0 bridgehead atoms. The quantitative estimate of drug-likeness (QED) is 0.551. The molecule has 0 heterocycles. The average molecular weight is 212 g/mol. The van der Waals surface area contributed by atoms with Crippen LogP contribution in [0.25, 0.3) is 10.8 Å². The van der Waals surface area contributed by atoms with Crippen molar-refractivity contribution >= 4 is 10.8 Å². The Balaban J connectivity index is 2.07. The summed E-state index contributed by atoms with van der Waals surface area (Å²) in [4.78, 5) is 0. The first-order chi connectivity index (χ1) is 7.90. The lowest BCUT2D eigenvalue weighted by molar-refractivity contribution is 0.148. The Morgan fingerprint density at radius 3 is 2.69 bits per heavy atom. The van der Waals surface area contributed by atoms with E-state index in [-0.39, 0.29) is 0 Å². The number of hydrogen-bond donors (Lipinski definition) is 0. The summed E-state index contributed by atoms with van der Waals surface area (Å²) in [6.45, 7) is 3.36. The second-order valence-electron chi connectivity index (χ2n) is 3.77. The maximum atomic E-state index is 5.52. The van der Waals surface area contributed by atoms with Gasteiger partial charge in [-0.15, -0.1) is 0 Å². The first-order valence-corrected chi connectivity index (χ1v) is 5.57. The normalized spacial score (nSPS) is 11.3. The lowest BCUT2D eigenvalue weighted by Crippen LogP contribution is -1.92. The number of hydrogen-bond acceptors (Lipinski definition) is 1. The molecule has 0 saturated carbocycles. The Morgan fingerprint density at radius 1 is 1.06 bits per heavy atom. The highest BCUT2D eigenvalue weighted by atomic mass is 16.5. The van der Waals surface area contributed by atoms with Crippen LogP contribution in [0, 0.1) is 0 Å². The summed E-state index contributed by atoms with van der Waals surface area (Å²) in [5, 5.41) is 2.55. The van der Waals surface area contributed by atoms with Crippen molar-refractivity contribution in [3.8, 4) is 0 Å². The average Bonchev–Trinajstić information content (AvgIpc) is 2.34. The fourth-order valence-electron chi connectivity index (χ4n) is 1.67. The van der Waals surface area contributed by atoms with E-state index in [4.69, 9.17) is 4.74 Å². The van der Waals surface area contributed by atoms with Crippen molar-refractivity contribution < 1.29 is 4.74 Å². The van der Waals surface area contributed by atoms with Gasteiger partial charge in [0.1, 0.15) is 0 Å². The van der Waals surface area contributed by atoms with Gasteiger partial charge in [0.25, 0.3) is 0 Å². The molecule has 16 heavy (non-hydrogen) atoms. The van der Waals surface area contributed by atoms with Crippen molar-refractivity contribution in [3.05, 3.63) is 60.2 Å². The molecule has 0 spiro atoms. The first kappa shape index (κ1) is 10.9. The predicted octanol–water partition coefficient (Wildman–Crippen LogP) is 3.93. The van der Waals surface area contributed by atoms with Crippen LogP contribution in [0.3, 0.4) is 0 Å². The van der Waals surface area contributed by atoms with E-state index in [0.29, 0.717) is 13.2 Å². The van der Waals surface area contributed by atoms with Gasteiger partial charge in [0.15, 0.2) is 0 Å². The van der Waals surface area contributed by atoms with Crippen molar-refractivity contribution in [2.75, 3.05) is 6.61 Å². The van der Waals surface area contributed by atoms with Crippen LogP contribution in [0.2, 0.25) is 0 Å². The third-order valence-corrected chi connectivity index (χ3v) is 2.53. The van der Waals surface area contributed by atoms with Crippen LogP contribution < -0.4 is 0 Å². The number of ether oxygens (including phenoxy) is 1. The third-order valence-electron chi connectivity index (χ3n) is 2.53. The second-order valence-corrected chi connectivity index (χ2v) is 3.77. The summed E-state index contributed by atoms with van der Waals surface area (Å²) in [6.07, 6.45) is 4.02. The van der Waals surface area contributed by atoms with E-state index in [2.05, 4.69) is 42.5 Å². The summed E-state index contributed by atoms with van der Waals surface area (Å²) in [5.74, 6) is 0. The molecule has 0 saturated heterocycles. The lowest BCUT2D eigenvalue weighted by atomic mass is 10.1. The fourth-order valence-corrected chi connectivity index (χ4v) is 1.67. The Bertz CT molecular complexity index is 486. The molecule has 0 aliphatic heterocycles. The Kier molecular flexibility index (Phi) is 3.73. The minimum absolute atomic E-state index is 0.676. The highest BCUT2D eigenvalue weighted by Gasteiger charge is 1.95. The first-order valence-electron chi connectivity index (χ1n) is 5.57. The maximum absolute atomic E-state index is 5.52. The summed E-state index contributed by atoms with van der Waals surface area (Å²) in [7, 11) is 0. The molecule has 1 nitrogen and oxygen atoms in total. The van der Waals surface area contributed by atoms with Gasteiger partial charge in [-0.25, -0.2) is 0 Å². The van der Waals surface area contributed by atoms with Gasteiger partial charge < -0.3 is 4.74 Å². The third kappa shape index (κ3) is 2.71. The van der Waals surface area contributed by atoms with E-state index < -0.39 is 0 Å². The summed E-state index contributed by atoms with van der Waals surface area (Å²) in [6, 6.07) is 14.8. The van der Waals surface area contributed by atoms with E-state index in [1.54, 1.807) is 0 Å². The molecule has 0 unspecified atom stereocenters. The molecule has 1 heteroatoms. The Morgan fingerprint density at radius 2 is 1.88 bits per heavy atom. The highest BCUT2D eigenvalue weighted by Crippen LogP contribution is 2.15. The van der Waals surface area contributed by atoms with E-state index in [0.717, 1.165) is 0 Å². The van der Waals surface area contributed by atoms with Gasteiger partial charge in [-0.3, -0.25) is 0 Å². The molecule has 82 valence electrons. The van der Waals surface area contributed by atoms with Crippen molar-refractivity contribution in [1.29, 1.82) is 0 Å². The van der Waals surface area contributed by atoms with Crippen LogP contribution in [0.5, 0.6) is 0 Å². The lowest BCUT2D eigenvalue weighted by Gasteiger charge is -2.03. The smallest absolute Gasteiger partial charge is 0.0721 e. The minimum Gasteiger partial charge on any atom is -0.373 e. The summed E-state index contributed by atoms with van der Waals surface area (Å²) < 4.78 is 5.52. The maximum Gasteiger partial charge on any atom is 0.0721 e. The van der Waals surface area contributed by atoms with Gasteiger partial charge in [0, 0.05) is 0 Å². The largest absolute Gasteiger partial charge is 0.373 e. The zero-order chi connectivity index (χ0) is 11.2. The van der Waals surface area contributed by atoms with E-state index in [1.165, 1.54) is 16.3 Å². The number of allylic oxidation sites excluding steroid dienone is 1. The second kappa shape index (κ2) is 5.47. The van der Waals surface area contributed by atoms with Crippen LogP contribution in [0.1, 0.15) is 12.5 Å². The molecule has 0 aliphatic carbocycles. The minimum atomic E-state index is 0.676. The molecular weight excluding hydrogens is 196 g/mol. The predicted molar refractivity (Wildman–Crippen MR) is 68.4 cm³/mol. The molecule has 0 amide bonds. The Labute approximate surface area is 96.4 Å². The monoisotopic (exact) mass is 212 g/mol. The fraction of sp³-hybridized carbons (Fsp3) is 0.200. The van der Waals surface area contributed by atoms with E-state index >= 15 is 0 Å². The van der Waals surface area contributed by atoms with Gasteiger partial charge in [-0.2, -0.15) is 0 Å². The van der Waals surface area contributed by atoms with Crippen molar-refractivity contribution in [2.24, 2.45) is 0 Å². The number of rotatable bonds is 4. The SMILES string of the molecule is C/C=C/COCc1ccc2ccccc2c1. The van der Waals surface area contributed by atoms with E-state index in [9.17, 15) is 0 Å². The summed E-state index contributed by atoms with van der Waals surface area (Å²) in [5.41, 5.74) is 1.23. The molecule has 0 atom stereocenters. The zero-order valence-electron chi connectivity index (χ0n) is 9.52. The molecule has 0 N–H and O–H groups in total. The topological polar surface area (TPSA) is 9.23 Å². The van der Waals surface area contributed by atoms with Crippen LogP contribution in [-0.2, 0) is 11.3 Å². The number of fused-ring (bicyclic) bond motifs is 1. The van der Waals surface area contributed by atoms with Crippen molar-refractivity contribution in [3.63, 3.8) is 0 Å². The molecular formula is C15H16O. The standard InChI is InChI=1S/C15H16O/c1-2-3-10-16-12-13-8-9-14-6-4-5-7-15(14)11-13/h2-9,11H,10,12H2,1H3/b3-2+. The van der Waals surface area contributed by atoms with Crippen LogP contribution in [0.4, 0.5) is 0 Å². The molecule has 0 radical (unpaired) electrons. The van der Waals surface area contributed by atoms with Gasteiger partial charge in [-0.1, -0.05) is 48.6 Å². The van der Waals surface area contributed by atoms with Crippen LogP contribution >= 0.6 is 0 Å². The van der Waals surface area contributed by atoms with Gasteiger partial charge >= 0.3 is 0 Å². The van der Waals surface area contributed by atoms with Crippen LogP contribution in [-0.4, -0.2) is 6.61 Å². The molecule has 2 aromatic rings. The van der Waals surface area contributed by atoms with Crippen molar-refractivity contribution in [2.45, 2.75) is 13.5 Å². The zero-order valence-corrected chi connectivity index (χ0v) is 9.52. The van der Waals surface area contributed by atoms with Crippen LogP contribution in [0.15, 0.2) is 54.6 Å². The highest BCUT2D eigenvalue weighted by molar-refractivity contribution is 5.82. The molecule has 0 fully saturated rings. The van der Waals surface area contributed by atoms with Crippen molar-refractivity contribution in [1.82, 2.24) is 0 Å². The van der Waals surface area contributed by atoms with Gasteiger partial charge in [0.2, 0.25) is 0 Å². The molecule has 0 aliphatic rings. The van der Waals surface area contributed by atoms with Gasteiger partial charge in [-0.05, 0) is 29.3 Å². The summed E-state index contributed by atoms with van der Waals surface area (Å²) >= 11 is 0. The van der Waals surface area contributed by atoms with E-state index in [1.807, 2.05) is 19.1 Å². The number of benzene rings is 2. The molecule has 2 rings (SSSR count). The molecule has 0 aromatic heterocycles.